The van der Waals surface area contributed by atoms with E-state index >= 15 is 0 Å². The van der Waals surface area contributed by atoms with Gasteiger partial charge in [-0.25, -0.2) is 8.42 Å². The maximum absolute atomic E-state index is 12.9. The molecule has 1 aliphatic rings. The highest BCUT2D eigenvalue weighted by Gasteiger charge is 2.35. The Kier molecular flexibility index (Phi) is 7.52. The fraction of sp³-hybridized carbons (Fsp3) is 0.476. The van der Waals surface area contributed by atoms with Gasteiger partial charge < -0.3 is 19.9 Å². The first kappa shape index (κ1) is 23.7. The Morgan fingerprint density at radius 3 is 2.41 bits per heavy atom. The molecular weight excluding hydrogens is 436 g/mol. The molecule has 0 unspecified atom stereocenters. The third kappa shape index (κ3) is 5.46. The SMILES string of the molecule is CCOc1ccc(NC(=O)CNC(=O)C2CCN(S(=O)(=O)c3c(C)noc3C)CC2)cc1. The van der Waals surface area contributed by atoms with Crippen LogP contribution in [-0.4, -0.2) is 55.9 Å². The van der Waals surface area contributed by atoms with Crippen LogP contribution in [0.5, 0.6) is 5.75 Å². The highest BCUT2D eigenvalue weighted by atomic mass is 32.2. The van der Waals surface area contributed by atoms with E-state index in [0.717, 1.165) is 0 Å². The molecule has 3 rings (SSSR count). The first-order valence-electron chi connectivity index (χ1n) is 10.5. The first-order valence-corrected chi connectivity index (χ1v) is 11.9. The summed E-state index contributed by atoms with van der Waals surface area (Å²) in [6.07, 6.45) is 0.740. The van der Waals surface area contributed by atoms with Crippen molar-refractivity contribution in [2.75, 3.05) is 31.6 Å². The van der Waals surface area contributed by atoms with Crippen molar-refractivity contribution in [3.05, 3.63) is 35.7 Å². The minimum absolute atomic E-state index is 0.0892. The van der Waals surface area contributed by atoms with Crippen LogP contribution in [0.3, 0.4) is 0 Å². The smallest absolute Gasteiger partial charge is 0.248 e. The maximum Gasteiger partial charge on any atom is 0.248 e. The van der Waals surface area contributed by atoms with Gasteiger partial charge in [-0.2, -0.15) is 4.31 Å². The predicted molar refractivity (Wildman–Crippen MR) is 117 cm³/mol. The molecule has 32 heavy (non-hydrogen) atoms. The Morgan fingerprint density at radius 2 is 1.84 bits per heavy atom. The van der Waals surface area contributed by atoms with E-state index in [1.54, 1.807) is 38.1 Å². The number of hydrogen-bond donors (Lipinski definition) is 2. The topological polar surface area (TPSA) is 131 Å². The number of nitrogens with one attached hydrogen (secondary N) is 2. The molecule has 1 fully saturated rings. The summed E-state index contributed by atoms with van der Waals surface area (Å²) in [7, 11) is -3.72. The number of rotatable bonds is 8. The molecule has 1 aromatic carbocycles. The van der Waals surface area contributed by atoms with Gasteiger partial charge in [0.1, 0.15) is 16.3 Å². The third-order valence-electron chi connectivity index (χ3n) is 5.26. The predicted octanol–water partition coefficient (Wildman–Crippen LogP) is 1.85. The second-order valence-corrected chi connectivity index (χ2v) is 9.43. The molecule has 1 saturated heterocycles. The molecule has 0 aliphatic carbocycles. The highest BCUT2D eigenvalue weighted by Crippen LogP contribution is 2.27. The van der Waals surface area contributed by atoms with E-state index in [2.05, 4.69) is 15.8 Å². The Hall–Kier alpha value is -2.92. The Labute approximate surface area is 187 Å². The molecule has 2 heterocycles. The van der Waals surface area contributed by atoms with Crippen molar-refractivity contribution < 1.29 is 27.3 Å². The van der Waals surface area contributed by atoms with E-state index in [0.29, 0.717) is 36.6 Å². The van der Waals surface area contributed by atoms with Crippen molar-refractivity contribution in [2.24, 2.45) is 5.92 Å². The number of benzene rings is 1. The summed E-state index contributed by atoms with van der Waals surface area (Å²) in [6, 6.07) is 6.95. The molecule has 0 radical (unpaired) electrons. The van der Waals surface area contributed by atoms with Gasteiger partial charge in [-0.15, -0.1) is 0 Å². The number of sulfonamides is 1. The summed E-state index contributed by atoms with van der Waals surface area (Å²) in [5, 5.41) is 9.06. The van der Waals surface area contributed by atoms with Gasteiger partial charge >= 0.3 is 0 Å². The van der Waals surface area contributed by atoms with E-state index in [9.17, 15) is 18.0 Å². The van der Waals surface area contributed by atoms with E-state index in [1.165, 1.54) is 4.31 Å². The second-order valence-electron chi connectivity index (χ2n) is 7.56. The number of aromatic nitrogens is 1. The fourth-order valence-corrected chi connectivity index (χ4v) is 5.41. The van der Waals surface area contributed by atoms with Crippen LogP contribution in [0.25, 0.3) is 0 Å². The monoisotopic (exact) mass is 464 g/mol. The lowest BCUT2D eigenvalue weighted by atomic mass is 9.97. The van der Waals surface area contributed by atoms with Crippen molar-refractivity contribution in [3.8, 4) is 5.75 Å². The molecule has 0 saturated carbocycles. The van der Waals surface area contributed by atoms with Crippen molar-refractivity contribution in [1.82, 2.24) is 14.8 Å². The fourth-order valence-electron chi connectivity index (χ4n) is 3.65. The molecule has 0 bridgehead atoms. The Bertz CT molecular complexity index is 1040. The largest absolute Gasteiger partial charge is 0.494 e. The number of amides is 2. The molecule has 11 heteroatoms. The number of ether oxygens (including phenoxy) is 1. The first-order chi connectivity index (χ1) is 15.2. The third-order valence-corrected chi connectivity index (χ3v) is 7.41. The Balaban J connectivity index is 1.47. The van der Waals surface area contributed by atoms with Crippen LogP contribution < -0.4 is 15.4 Å². The average molecular weight is 465 g/mol. The van der Waals surface area contributed by atoms with Crippen molar-refractivity contribution >= 4 is 27.5 Å². The zero-order valence-electron chi connectivity index (χ0n) is 18.4. The van der Waals surface area contributed by atoms with E-state index in [4.69, 9.17) is 9.26 Å². The summed E-state index contributed by atoms with van der Waals surface area (Å²) in [5.41, 5.74) is 0.923. The lowest BCUT2D eigenvalue weighted by Crippen LogP contribution is -2.44. The van der Waals surface area contributed by atoms with Gasteiger partial charge in [-0.1, -0.05) is 5.16 Å². The quantitative estimate of drug-likeness (QED) is 0.609. The molecule has 1 aromatic heterocycles. The standard InChI is InChI=1S/C21H28N4O6S/c1-4-30-18-7-5-17(6-8-18)23-19(26)13-22-21(27)16-9-11-25(12-10-16)32(28,29)20-14(2)24-31-15(20)3/h5-8,16H,4,9-13H2,1-3H3,(H,22,27)(H,23,26). The summed E-state index contributed by atoms with van der Waals surface area (Å²) in [5.74, 6) is -0.00558. The Morgan fingerprint density at radius 1 is 1.19 bits per heavy atom. The molecule has 2 amide bonds. The summed E-state index contributed by atoms with van der Waals surface area (Å²) >= 11 is 0. The number of carbonyl (C=O) groups excluding carboxylic acids is 2. The molecule has 0 atom stereocenters. The van der Waals surface area contributed by atoms with Crippen molar-refractivity contribution in [3.63, 3.8) is 0 Å². The van der Waals surface area contributed by atoms with Crippen molar-refractivity contribution in [1.29, 1.82) is 0 Å². The summed E-state index contributed by atoms with van der Waals surface area (Å²) < 4.78 is 37.4. The van der Waals surface area contributed by atoms with Crippen LogP contribution in [0.1, 0.15) is 31.2 Å². The van der Waals surface area contributed by atoms with E-state index in [-0.39, 0.29) is 48.0 Å². The van der Waals surface area contributed by atoms with Gasteiger partial charge in [0.15, 0.2) is 5.76 Å². The zero-order chi connectivity index (χ0) is 23.3. The van der Waals surface area contributed by atoms with Crippen LogP contribution in [-0.2, 0) is 19.6 Å². The highest BCUT2D eigenvalue weighted by molar-refractivity contribution is 7.89. The molecule has 10 nitrogen and oxygen atoms in total. The molecule has 1 aliphatic heterocycles. The van der Waals surface area contributed by atoms with Crippen LogP contribution in [0.4, 0.5) is 5.69 Å². The molecule has 0 spiro atoms. The number of aryl methyl sites for hydroxylation is 2. The summed E-state index contributed by atoms with van der Waals surface area (Å²) in [6.45, 7) is 5.85. The number of carbonyl (C=O) groups is 2. The number of hydrogen-bond acceptors (Lipinski definition) is 7. The van der Waals surface area contributed by atoms with Gasteiger partial charge in [-0.3, -0.25) is 9.59 Å². The van der Waals surface area contributed by atoms with Gasteiger partial charge in [0, 0.05) is 24.7 Å². The molecule has 174 valence electrons. The van der Waals surface area contributed by atoms with Gasteiger partial charge in [0.2, 0.25) is 21.8 Å². The van der Waals surface area contributed by atoms with Crippen LogP contribution in [0, 0.1) is 19.8 Å². The molecule has 2 aromatic rings. The number of nitrogens with zero attached hydrogens (tertiary/aromatic N) is 2. The average Bonchev–Trinajstić information content (AvgIpc) is 3.12. The van der Waals surface area contributed by atoms with Crippen LogP contribution in [0.15, 0.2) is 33.7 Å². The lowest BCUT2D eigenvalue weighted by Gasteiger charge is -2.30. The maximum atomic E-state index is 12.9. The van der Waals surface area contributed by atoms with Gasteiger partial charge in [0.25, 0.3) is 0 Å². The van der Waals surface area contributed by atoms with E-state index < -0.39 is 10.0 Å². The van der Waals surface area contributed by atoms with Crippen molar-refractivity contribution in [2.45, 2.75) is 38.5 Å². The molecule has 2 N–H and O–H groups in total. The van der Waals surface area contributed by atoms with Crippen LogP contribution in [0.2, 0.25) is 0 Å². The zero-order valence-corrected chi connectivity index (χ0v) is 19.2. The van der Waals surface area contributed by atoms with Crippen LogP contribution >= 0.6 is 0 Å². The summed E-state index contributed by atoms with van der Waals surface area (Å²) in [4.78, 5) is 24.7. The minimum Gasteiger partial charge on any atom is -0.494 e. The van der Waals surface area contributed by atoms with E-state index in [1.807, 2.05) is 6.92 Å². The van der Waals surface area contributed by atoms with Gasteiger partial charge in [-0.05, 0) is 57.9 Å². The number of piperidine rings is 1. The second kappa shape index (κ2) is 10.1. The van der Waals surface area contributed by atoms with Gasteiger partial charge in [0.05, 0.1) is 13.2 Å². The lowest BCUT2D eigenvalue weighted by molar-refractivity contribution is -0.128. The normalized spacial score (nSPS) is 15.3. The number of anilines is 1. The molecular formula is C21H28N4O6S. The minimum atomic E-state index is -3.72.